The molecule has 0 spiro atoms. The van der Waals surface area contributed by atoms with E-state index >= 15 is 0 Å². The van der Waals surface area contributed by atoms with Crippen molar-refractivity contribution >= 4 is 5.91 Å². The van der Waals surface area contributed by atoms with Crippen LogP contribution in [0.15, 0.2) is 42.5 Å². The van der Waals surface area contributed by atoms with Crippen molar-refractivity contribution in [3.63, 3.8) is 0 Å². The van der Waals surface area contributed by atoms with Crippen molar-refractivity contribution in [3.05, 3.63) is 65.2 Å². The van der Waals surface area contributed by atoms with Gasteiger partial charge in [-0.3, -0.25) is 4.79 Å². The van der Waals surface area contributed by atoms with Gasteiger partial charge < -0.3 is 10.1 Å². The van der Waals surface area contributed by atoms with Gasteiger partial charge in [0.1, 0.15) is 5.82 Å². The molecule has 0 saturated heterocycles. The lowest BCUT2D eigenvalue weighted by Gasteiger charge is -2.23. The van der Waals surface area contributed by atoms with Crippen molar-refractivity contribution in [3.8, 4) is 5.75 Å². The molecule has 3 nitrogen and oxygen atoms in total. The molecule has 0 saturated carbocycles. The zero-order chi connectivity index (χ0) is 17.7. The fraction of sp³-hybridized carbons (Fsp3) is 0.316. The molecular formula is C19H21F2NO2. The van der Waals surface area contributed by atoms with Crippen LogP contribution in [0.3, 0.4) is 0 Å². The maximum Gasteiger partial charge on any atom is 0.224 e. The molecule has 0 radical (unpaired) electrons. The molecule has 0 heterocycles. The van der Waals surface area contributed by atoms with Gasteiger partial charge in [0, 0.05) is 0 Å². The van der Waals surface area contributed by atoms with Crippen molar-refractivity contribution in [1.82, 2.24) is 5.32 Å². The van der Waals surface area contributed by atoms with Crippen LogP contribution in [0, 0.1) is 17.6 Å². The Morgan fingerprint density at radius 2 is 1.79 bits per heavy atom. The van der Waals surface area contributed by atoms with Crippen LogP contribution in [0.4, 0.5) is 8.78 Å². The lowest BCUT2D eigenvalue weighted by molar-refractivity contribution is -0.121. The van der Waals surface area contributed by atoms with Crippen LogP contribution in [0.25, 0.3) is 0 Å². The highest BCUT2D eigenvalue weighted by atomic mass is 19.1. The summed E-state index contributed by atoms with van der Waals surface area (Å²) in [5, 5.41) is 2.93. The molecule has 1 unspecified atom stereocenters. The first-order valence-corrected chi connectivity index (χ1v) is 7.78. The molecule has 128 valence electrons. The van der Waals surface area contributed by atoms with Gasteiger partial charge in [-0.2, -0.15) is 0 Å². The first kappa shape index (κ1) is 17.9. The molecule has 0 aliphatic rings. The van der Waals surface area contributed by atoms with E-state index in [9.17, 15) is 13.6 Å². The predicted octanol–water partition coefficient (Wildman–Crippen LogP) is 4.03. The summed E-state index contributed by atoms with van der Waals surface area (Å²) in [6.07, 6.45) is 0.0608. The second-order valence-corrected chi connectivity index (χ2v) is 5.99. The molecule has 1 atom stereocenters. The van der Waals surface area contributed by atoms with E-state index < -0.39 is 5.82 Å². The molecule has 1 amide bonds. The summed E-state index contributed by atoms with van der Waals surface area (Å²) in [6.45, 7) is 3.95. The molecule has 0 aliphatic heterocycles. The van der Waals surface area contributed by atoms with E-state index in [4.69, 9.17) is 4.74 Å². The maximum atomic E-state index is 13.7. The van der Waals surface area contributed by atoms with Gasteiger partial charge in [0.05, 0.1) is 19.6 Å². The molecule has 5 heteroatoms. The van der Waals surface area contributed by atoms with Crippen LogP contribution in [-0.2, 0) is 11.2 Å². The Labute approximate surface area is 140 Å². The topological polar surface area (TPSA) is 38.3 Å². The normalized spacial score (nSPS) is 12.1. The molecule has 2 aromatic rings. The quantitative estimate of drug-likeness (QED) is 0.867. The second-order valence-electron chi connectivity index (χ2n) is 5.99. The van der Waals surface area contributed by atoms with E-state index in [1.807, 2.05) is 13.8 Å². The van der Waals surface area contributed by atoms with E-state index in [0.29, 0.717) is 5.56 Å². The van der Waals surface area contributed by atoms with Crippen LogP contribution in [0.1, 0.15) is 31.0 Å². The highest BCUT2D eigenvalue weighted by Gasteiger charge is 2.19. The van der Waals surface area contributed by atoms with Gasteiger partial charge in [-0.25, -0.2) is 8.78 Å². The molecule has 0 fully saturated rings. The van der Waals surface area contributed by atoms with Crippen molar-refractivity contribution in [2.45, 2.75) is 26.3 Å². The molecule has 2 rings (SSSR count). The van der Waals surface area contributed by atoms with E-state index in [1.165, 1.54) is 31.4 Å². The Bertz CT molecular complexity index is 699. The van der Waals surface area contributed by atoms with Gasteiger partial charge in [0.15, 0.2) is 11.6 Å². The molecule has 2 aromatic carbocycles. The van der Waals surface area contributed by atoms with Crippen molar-refractivity contribution < 1.29 is 18.3 Å². The summed E-state index contributed by atoms with van der Waals surface area (Å²) in [5.41, 5.74) is 1.40. The average Bonchev–Trinajstić information content (AvgIpc) is 2.53. The summed E-state index contributed by atoms with van der Waals surface area (Å²) >= 11 is 0. The average molecular weight is 333 g/mol. The van der Waals surface area contributed by atoms with Crippen LogP contribution in [0.5, 0.6) is 5.75 Å². The summed E-state index contributed by atoms with van der Waals surface area (Å²) in [7, 11) is 1.39. The Hall–Kier alpha value is -2.43. The number of carbonyl (C=O) groups is 1. The van der Waals surface area contributed by atoms with E-state index in [2.05, 4.69) is 5.32 Å². The first-order valence-electron chi connectivity index (χ1n) is 7.78. The van der Waals surface area contributed by atoms with Gasteiger partial charge >= 0.3 is 0 Å². The van der Waals surface area contributed by atoms with Gasteiger partial charge in [0.2, 0.25) is 5.91 Å². The SMILES string of the molecule is COc1ccc(CC(=O)NC(c2ccc(F)cc2)C(C)C)cc1F. The van der Waals surface area contributed by atoms with Gasteiger partial charge in [0.25, 0.3) is 0 Å². The number of amides is 1. The fourth-order valence-corrected chi connectivity index (χ4v) is 2.53. The first-order chi connectivity index (χ1) is 11.4. The minimum Gasteiger partial charge on any atom is -0.494 e. The second kappa shape index (κ2) is 7.90. The molecule has 0 bridgehead atoms. The molecule has 1 N–H and O–H groups in total. The Morgan fingerprint density at radius 3 is 2.33 bits per heavy atom. The highest BCUT2D eigenvalue weighted by molar-refractivity contribution is 5.79. The lowest BCUT2D eigenvalue weighted by atomic mass is 9.95. The number of hydrogen-bond donors (Lipinski definition) is 1. The van der Waals surface area contributed by atoms with E-state index in [1.54, 1.807) is 18.2 Å². The van der Waals surface area contributed by atoms with Crippen molar-refractivity contribution in [2.75, 3.05) is 7.11 Å². The highest BCUT2D eigenvalue weighted by Crippen LogP contribution is 2.23. The fourth-order valence-electron chi connectivity index (χ4n) is 2.53. The standard InChI is InChI=1S/C19H21F2NO2/c1-12(2)19(14-5-7-15(20)8-6-14)22-18(23)11-13-4-9-17(24-3)16(21)10-13/h4-10,12,19H,11H2,1-3H3,(H,22,23). The number of carbonyl (C=O) groups excluding carboxylic acids is 1. The van der Waals surface area contributed by atoms with Crippen LogP contribution < -0.4 is 10.1 Å². The summed E-state index contributed by atoms with van der Waals surface area (Å²) < 4.78 is 31.6. The van der Waals surface area contributed by atoms with Crippen molar-refractivity contribution in [1.29, 1.82) is 0 Å². The number of ether oxygens (including phenoxy) is 1. The predicted molar refractivity (Wildman–Crippen MR) is 88.8 cm³/mol. The Kier molecular flexibility index (Phi) is 5.90. The molecule has 0 aromatic heterocycles. The van der Waals surface area contributed by atoms with E-state index in [-0.39, 0.29) is 35.9 Å². The zero-order valence-electron chi connectivity index (χ0n) is 14.0. The van der Waals surface area contributed by atoms with E-state index in [0.717, 1.165) is 5.56 Å². The third kappa shape index (κ3) is 4.54. The summed E-state index contributed by atoms with van der Waals surface area (Å²) in [5.74, 6) is -0.761. The number of nitrogens with one attached hydrogen (secondary N) is 1. The molecule has 0 aliphatic carbocycles. The van der Waals surface area contributed by atoms with Crippen LogP contribution in [-0.4, -0.2) is 13.0 Å². The van der Waals surface area contributed by atoms with Crippen LogP contribution >= 0.6 is 0 Å². The van der Waals surface area contributed by atoms with Crippen molar-refractivity contribution in [2.24, 2.45) is 5.92 Å². The third-order valence-corrected chi connectivity index (χ3v) is 3.79. The number of benzene rings is 2. The Balaban J connectivity index is 2.08. The number of rotatable bonds is 6. The molecular weight excluding hydrogens is 312 g/mol. The number of hydrogen-bond acceptors (Lipinski definition) is 2. The number of halogens is 2. The maximum absolute atomic E-state index is 13.7. The summed E-state index contributed by atoms with van der Waals surface area (Å²) in [6, 6.07) is 10.3. The minimum absolute atomic E-state index is 0.0608. The zero-order valence-corrected chi connectivity index (χ0v) is 14.0. The number of methoxy groups -OCH3 is 1. The minimum atomic E-state index is -0.498. The van der Waals surface area contributed by atoms with Gasteiger partial charge in [-0.05, 0) is 41.3 Å². The third-order valence-electron chi connectivity index (χ3n) is 3.79. The van der Waals surface area contributed by atoms with Gasteiger partial charge in [-0.15, -0.1) is 0 Å². The smallest absolute Gasteiger partial charge is 0.224 e. The molecule has 24 heavy (non-hydrogen) atoms. The van der Waals surface area contributed by atoms with Crippen LogP contribution in [0.2, 0.25) is 0 Å². The van der Waals surface area contributed by atoms with Gasteiger partial charge in [-0.1, -0.05) is 32.0 Å². The summed E-state index contributed by atoms with van der Waals surface area (Å²) in [4.78, 5) is 12.3. The monoisotopic (exact) mass is 333 g/mol. The lowest BCUT2D eigenvalue weighted by Crippen LogP contribution is -2.32. The largest absolute Gasteiger partial charge is 0.494 e. The Morgan fingerprint density at radius 1 is 1.12 bits per heavy atom.